The quantitative estimate of drug-likeness (QED) is 0.658. The number of hydrogen-bond acceptors (Lipinski definition) is 1. The highest BCUT2D eigenvalue weighted by Gasteiger charge is 2.22. The molecule has 0 spiro atoms. The lowest BCUT2D eigenvalue weighted by Gasteiger charge is -2.11. The second kappa shape index (κ2) is 3.74. The Balaban J connectivity index is 2.22. The molecule has 11 heavy (non-hydrogen) atoms. The molecule has 1 heterocycles. The average Bonchev–Trinajstić information content (AvgIpc) is 2.35. The van der Waals surface area contributed by atoms with E-state index in [-0.39, 0.29) is 5.91 Å². The van der Waals surface area contributed by atoms with Gasteiger partial charge in [0.25, 0.3) is 0 Å². The van der Waals surface area contributed by atoms with Crippen molar-refractivity contribution in [2.75, 3.05) is 6.54 Å². The molecule has 0 unspecified atom stereocenters. The second-order valence-corrected chi connectivity index (χ2v) is 3.62. The molecule has 2 atom stereocenters. The molecule has 0 saturated carbocycles. The Morgan fingerprint density at radius 3 is 2.91 bits per heavy atom. The summed E-state index contributed by atoms with van der Waals surface area (Å²) in [6.07, 6.45) is 3.18. The number of rotatable bonds is 3. The molecule has 0 aromatic heterocycles. The molecular weight excluding hydrogens is 138 g/mol. The zero-order valence-corrected chi connectivity index (χ0v) is 7.39. The lowest BCUT2D eigenvalue weighted by molar-refractivity contribution is -0.119. The van der Waals surface area contributed by atoms with Crippen LogP contribution in [0, 0.1) is 11.8 Å². The highest BCUT2D eigenvalue weighted by atomic mass is 16.1. The van der Waals surface area contributed by atoms with Crippen LogP contribution >= 0.6 is 0 Å². The highest BCUT2D eigenvalue weighted by molar-refractivity contribution is 5.78. The first-order chi connectivity index (χ1) is 5.22. The van der Waals surface area contributed by atoms with Crippen LogP contribution in [0.4, 0.5) is 0 Å². The van der Waals surface area contributed by atoms with E-state index in [1.54, 1.807) is 0 Å². The first kappa shape index (κ1) is 8.57. The number of amides is 1. The topological polar surface area (TPSA) is 29.1 Å². The maximum atomic E-state index is 10.8. The van der Waals surface area contributed by atoms with Gasteiger partial charge in [0.05, 0.1) is 0 Å². The van der Waals surface area contributed by atoms with Crippen LogP contribution in [0.1, 0.15) is 33.1 Å². The standard InChI is InChI=1S/C9H17NO/c1-3-7(2)4-8-5-9(11)10-6-8/h7-8H,3-6H2,1-2H3,(H,10,11)/t7-,8+/m1/s1. The monoisotopic (exact) mass is 155 g/mol. The normalized spacial score (nSPS) is 26.7. The molecular formula is C9H17NO. The van der Waals surface area contributed by atoms with Gasteiger partial charge in [0, 0.05) is 13.0 Å². The van der Waals surface area contributed by atoms with E-state index < -0.39 is 0 Å². The predicted octanol–water partition coefficient (Wildman–Crippen LogP) is 1.56. The van der Waals surface area contributed by atoms with Gasteiger partial charge in [-0.25, -0.2) is 0 Å². The number of nitrogens with one attached hydrogen (secondary N) is 1. The first-order valence-corrected chi connectivity index (χ1v) is 4.49. The minimum Gasteiger partial charge on any atom is -0.356 e. The Morgan fingerprint density at radius 1 is 1.73 bits per heavy atom. The lowest BCUT2D eigenvalue weighted by Crippen LogP contribution is -2.14. The smallest absolute Gasteiger partial charge is 0.220 e. The Labute approximate surface area is 68.4 Å². The Hall–Kier alpha value is -0.530. The van der Waals surface area contributed by atoms with Gasteiger partial charge >= 0.3 is 0 Å². The van der Waals surface area contributed by atoms with E-state index in [2.05, 4.69) is 19.2 Å². The zero-order chi connectivity index (χ0) is 8.27. The molecule has 0 bridgehead atoms. The van der Waals surface area contributed by atoms with Crippen molar-refractivity contribution in [1.82, 2.24) is 5.32 Å². The van der Waals surface area contributed by atoms with Gasteiger partial charge in [0.2, 0.25) is 5.91 Å². The maximum Gasteiger partial charge on any atom is 0.220 e. The average molecular weight is 155 g/mol. The van der Waals surface area contributed by atoms with Gasteiger partial charge in [0.15, 0.2) is 0 Å². The fourth-order valence-electron chi connectivity index (χ4n) is 1.57. The van der Waals surface area contributed by atoms with E-state index in [4.69, 9.17) is 0 Å². The molecule has 1 aliphatic rings. The van der Waals surface area contributed by atoms with Crippen LogP contribution in [0.15, 0.2) is 0 Å². The van der Waals surface area contributed by atoms with E-state index in [0.29, 0.717) is 5.92 Å². The molecule has 1 N–H and O–H groups in total. The number of carbonyl (C=O) groups excluding carboxylic acids is 1. The van der Waals surface area contributed by atoms with Crippen LogP contribution in [0.3, 0.4) is 0 Å². The lowest BCUT2D eigenvalue weighted by atomic mass is 9.93. The molecule has 1 saturated heterocycles. The van der Waals surface area contributed by atoms with Crippen LogP contribution in [0.25, 0.3) is 0 Å². The van der Waals surface area contributed by atoms with Crippen LogP contribution in [0.2, 0.25) is 0 Å². The van der Waals surface area contributed by atoms with Crippen molar-refractivity contribution in [2.45, 2.75) is 33.1 Å². The fraction of sp³-hybridized carbons (Fsp3) is 0.889. The molecule has 1 amide bonds. The SMILES string of the molecule is CC[C@@H](C)C[C@@H]1CNC(=O)C1. The number of hydrogen-bond donors (Lipinski definition) is 1. The van der Waals surface area contributed by atoms with Crippen LogP contribution in [-0.4, -0.2) is 12.5 Å². The van der Waals surface area contributed by atoms with Crippen LogP contribution in [-0.2, 0) is 4.79 Å². The summed E-state index contributed by atoms with van der Waals surface area (Å²) in [7, 11) is 0. The molecule has 0 aliphatic carbocycles. The summed E-state index contributed by atoms with van der Waals surface area (Å²) >= 11 is 0. The fourth-order valence-corrected chi connectivity index (χ4v) is 1.57. The van der Waals surface area contributed by atoms with Gasteiger partial charge in [-0.3, -0.25) is 4.79 Å². The van der Waals surface area contributed by atoms with E-state index in [0.717, 1.165) is 18.9 Å². The van der Waals surface area contributed by atoms with Crippen molar-refractivity contribution in [3.8, 4) is 0 Å². The van der Waals surface area contributed by atoms with Gasteiger partial charge in [-0.2, -0.15) is 0 Å². The van der Waals surface area contributed by atoms with Crippen LogP contribution < -0.4 is 5.32 Å². The number of carbonyl (C=O) groups is 1. The summed E-state index contributed by atoms with van der Waals surface area (Å²) in [4.78, 5) is 10.8. The van der Waals surface area contributed by atoms with Crippen molar-refractivity contribution in [3.05, 3.63) is 0 Å². The van der Waals surface area contributed by atoms with Crippen molar-refractivity contribution in [1.29, 1.82) is 0 Å². The molecule has 2 nitrogen and oxygen atoms in total. The maximum absolute atomic E-state index is 10.8. The van der Waals surface area contributed by atoms with Gasteiger partial charge in [-0.05, 0) is 18.3 Å². The molecule has 2 heteroatoms. The summed E-state index contributed by atoms with van der Waals surface area (Å²) in [5.74, 6) is 1.61. The van der Waals surface area contributed by atoms with Gasteiger partial charge in [0.1, 0.15) is 0 Å². The van der Waals surface area contributed by atoms with Gasteiger partial charge in [-0.1, -0.05) is 20.3 Å². The van der Waals surface area contributed by atoms with E-state index in [1.807, 2.05) is 0 Å². The summed E-state index contributed by atoms with van der Waals surface area (Å²) in [5, 5.41) is 2.86. The molecule has 64 valence electrons. The minimum absolute atomic E-state index is 0.235. The minimum atomic E-state index is 0.235. The molecule has 0 radical (unpaired) electrons. The Kier molecular flexibility index (Phi) is 2.92. The van der Waals surface area contributed by atoms with Crippen molar-refractivity contribution in [2.24, 2.45) is 11.8 Å². The summed E-state index contributed by atoms with van der Waals surface area (Å²) in [5.41, 5.74) is 0. The summed E-state index contributed by atoms with van der Waals surface area (Å²) in [6.45, 7) is 5.36. The molecule has 0 aromatic carbocycles. The first-order valence-electron chi connectivity index (χ1n) is 4.49. The van der Waals surface area contributed by atoms with E-state index in [1.165, 1.54) is 12.8 Å². The highest BCUT2D eigenvalue weighted by Crippen LogP contribution is 2.20. The third-order valence-corrected chi connectivity index (χ3v) is 2.49. The molecule has 1 fully saturated rings. The molecule has 0 aromatic rings. The van der Waals surface area contributed by atoms with Gasteiger partial charge in [-0.15, -0.1) is 0 Å². The summed E-state index contributed by atoms with van der Waals surface area (Å²) in [6, 6.07) is 0. The van der Waals surface area contributed by atoms with Crippen LogP contribution in [0.5, 0.6) is 0 Å². The van der Waals surface area contributed by atoms with Crippen molar-refractivity contribution < 1.29 is 4.79 Å². The molecule has 1 rings (SSSR count). The predicted molar refractivity (Wildman–Crippen MR) is 45.2 cm³/mol. The Bertz CT molecular complexity index is 144. The van der Waals surface area contributed by atoms with Crippen molar-refractivity contribution >= 4 is 5.91 Å². The third-order valence-electron chi connectivity index (χ3n) is 2.49. The third kappa shape index (κ3) is 2.52. The largest absolute Gasteiger partial charge is 0.356 e. The van der Waals surface area contributed by atoms with Gasteiger partial charge < -0.3 is 5.32 Å². The Morgan fingerprint density at radius 2 is 2.45 bits per heavy atom. The second-order valence-electron chi connectivity index (χ2n) is 3.62. The van der Waals surface area contributed by atoms with E-state index >= 15 is 0 Å². The molecule has 1 aliphatic heterocycles. The van der Waals surface area contributed by atoms with E-state index in [9.17, 15) is 4.79 Å². The zero-order valence-electron chi connectivity index (χ0n) is 7.39. The van der Waals surface area contributed by atoms with Crippen molar-refractivity contribution in [3.63, 3.8) is 0 Å². The summed E-state index contributed by atoms with van der Waals surface area (Å²) < 4.78 is 0.